The highest BCUT2D eigenvalue weighted by Crippen LogP contribution is 2.18. The van der Waals surface area contributed by atoms with Crippen LogP contribution in [0.5, 0.6) is 0 Å². The van der Waals surface area contributed by atoms with Crippen LogP contribution in [-0.2, 0) is 6.42 Å². The lowest BCUT2D eigenvalue weighted by molar-refractivity contribution is 0.938. The summed E-state index contributed by atoms with van der Waals surface area (Å²) >= 11 is 6.03. The van der Waals surface area contributed by atoms with Gasteiger partial charge in [-0.15, -0.1) is 0 Å². The molecule has 0 fully saturated rings. The zero-order valence-electron chi connectivity index (χ0n) is 8.18. The fourth-order valence-corrected chi connectivity index (χ4v) is 1.41. The summed E-state index contributed by atoms with van der Waals surface area (Å²) in [5, 5.41) is 0.881. The standard InChI is InChI=1S/C12H15Cl/c1-3-10(2)8-9-11-6-4-5-7-12(11)13/h3-7H,8-9H2,1-2H3. The molecule has 0 amide bonds. The van der Waals surface area contributed by atoms with Gasteiger partial charge in [-0.05, 0) is 38.3 Å². The Morgan fingerprint density at radius 2 is 2.08 bits per heavy atom. The molecule has 0 bridgehead atoms. The molecular weight excluding hydrogens is 180 g/mol. The van der Waals surface area contributed by atoms with E-state index in [0.29, 0.717) is 0 Å². The van der Waals surface area contributed by atoms with Gasteiger partial charge in [0.15, 0.2) is 0 Å². The van der Waals surface area contributed by atoms with Crippen LogP contribution >= 0.6 is 11.6 Å². The molecule has 70 valence electrons. The van der Waals surface area contributed by atoms with Crippen molar-refractivity contribution in [2.45, 2.75) is 26.7 Å². The maximum atomic E-state index is 6.03. The second-order valence-corrected chi connectivity index (χ2v) is 3.63. The molecule has 0 atom stereocenters. The molecular formula is C12H15Cl. The number of hydrogen-bond acceptors (Lipinski definition) is 0. The molecule has 0 saturated carbocycles. The molecule has 0 saturated heterocycles. The van der Waals surface area contributed by atoms with Gasteiger partial charge in [0.25, 0.3) is 0 Å². The van der Waals surface area contributed by atoms with Gasteiger partial charge in [-0.2, -0.15) is 0 Å². The Hall–Kier alpha value is -0.750. The van der Waals surface area contributed by atoms with E-state index in [4.69, 9.17) is 11.6 Å². The number of allylic oxidation sites excluding steroid dienone is 2. The van der Waals surface area contributed by atoms with Gasteiger partial charge < -0.3 is 0 Å². The van der Waals surface area contributed by atoms with E-state index in [-0.39, 0.29) is 0 Å². The van der Waals surface area contributed by atoms with E-state index in [0.717, 1.165) is 17.9 Å². The molecule has 1 aromatic rings. The highest BCUT2D eigenvalue weighted by atomic mass is 35.5. The lowest BCUT2D eigenvalue weighted by Crippen LogP contribution is -1.87. The first kappa shape index (κ1) is 10.3. The second kappa shape index (κ2) is 5.08. The first-order valence-corrected chi connectivity index (χ1v) is 4.97. The largest absolute Gasteiger partial charge is 0.0887 e. The van der Waals surface area contributed by atoms with Gasteiger partial charge in [-0.25, -0.2) is 0 Å². The maximum absolute atomic E-state index is 6.03. The quantitative estimate of drug-likeness (QED) is 0.632. The molecule has 0 unspecified atom stereocenters. The van der Waals surface area contributed by atoms with E-state index < -0.39 is 0 Å². The molecule has 0 aliphatic rings. The summed E-state index contributed by atoms with van der Waals surface area (Å²) in [6.45, 7) is 4.22. The van der Waals surface area contributed by atoms with Crippen LogP contribution in [0.15, 0.2) is 35.9 Å². The van der Waals surface area contributed by atoms with Gasteiger partial charge in [-0.3, -0.25) is 0 Å². The van der Waals surface area contributed by atoms with Crippen molar-refractivity contribution in [3.05, 3.63) is 46.5 Å². The fraction of sp³-hybridized carbons (Fsp3) is 0.333. The number of hydrogen-bond donors (Lipinski definition) is 0. The van der Waals surface area contributed by atoms with Crippen LogP contribution in [-0.4, -0.2) is 0 Å². The van der Waals surface area contributed by atoms with Crippen molar-refractivity contribution in [3.8, 4) is 0 Å². The van der Waals surface area contributed by atoms with Crippen LogP contribution < -0.4 is 0 Å². The third-order valence-electron chi connectivity index (χ3n) is 2.24. The van der Waals surface area contributed by atoms with E-state index in [2.05, 4.69) is 26.0 Å². The van der Waals surface area contributed by atoms with Crippen molar-refractivity contribution in [1.29, 1.82) is 0 Å². The van der Waals surface area contributed by atoms with E-state index >= 15 is 0 Å². The van der Waals surface area contributed by atoms with Gasteiger partial charge >= 0.3 is 0 Å². The molecule has 1 rings (SSSR count). The first-order chi connectivity index (χ1) is 6.24. The maximum Gasteiger partial charge on any atom is 0.0438 e. The van der Waals surface area contributed by atoms with Crippen LogP contribution in [0.3, 0.4) is 0 Å². The minimum absolute atomic E-state index is 0.881. The molecule has 0 spiro atoms. The van der Waals surface area contributed by atoms with Gasteiger partial charge in [0.1, 0.15) is 0 Å². The molecule has 0 N–H and O–H groups in total. The summed E-state index contributed by atoms with van der Waals surface area (Å²) in [4.78, 5) is 0. The molecule has 0 aliphatic carbocycles. The summed E-state index contributed by atoms with van der Waals surface area (Å²) in [5.41, 5.74) is 2.66. The van der Waals surface area contributed by atoms with E-state index in [1.165, 1.54) is 11.1 Å². The van der Waals surface area contributed by atoms with E-state index in [9.17, 15) is 0 Å². The minimum Gasteiger partial charge on any atom is -0.0887 e. The van der Waals surface area contributed by atoms with Gasteiger partial charge in [0.05, 0.1) is 0 Å². The molecule has 1 heteroatoms. The Morgan fingerprint density at radius 1 is 1.38 bits per heavy atom. The van der Waals surface area contributed by atoms with Crippen molar-refractivity contribution in [2.75, 3.05) is 0 Å². The Balaban J connectivity index is 2.60. The summed E-state index contributed by atoms with van der Waals surface area (Å²) in [6, 6.07) is 8.04. The van der Waals surface area contributed by atoms with Crippen molar-refractivity contribution >= 4 is 11.6 Å². The average Bonchev–Trinajstić information content (AvgIpc) is 2.16. The molecule has 1 aromatic carbocycles. The molecule has 0 aromatic heterocycles. The van der Waals surface area contributed by atoms with Crippen molar-refractivity contribution in [3.63, 3.8) is 0 Å². The van der Waals surface area contributed by atoms with Crippen molar-refractivity contribution in [1.82, 2.24) is 0 Å². The molecule has 0 aliphatic heterocycles. The Labute approximate surface area is 85.2 Å². The predicted molar refractivity (Wildman–Crippen MR) is 59.2 cm³/mol. The lowest BCUT2D eigenvalue weighted by Gasteiger charge is -2.03. The summed E-state index contributed by atoms with van der Waals surface area (Å²) in [7, 11) is 0. The lowest BCUT2D eigenvalue weighted by atomic mass is 10.1. The van der Waals surface area contributed by atoms with Crippen LogP contribution in [0.25, 0.3) is 0 Å². The SMILES string of the molecule is CC=C(C)CCc1ccccc1Cl. The number of halogens is 1. The number of aryl methyl sites for hydroxylation is 1. The summed E-state index contributed by atoms with van der Waals surface area (Å²) in [5.74, 6) is 0. The van der Waals surface area contributed by atoms with Crippen molar-refractivity contribution < 1.29 is 0 Å². The second-order valence-electron chi connectivity index (χ2n) is 3.23. The molecule has 0 heterocycles. The number of rotatable bonds is 3. The third kappa shape index (κ3) is 3.23. The highest BCUT2D eigenvalue weighted by Gasteiger charge is 1.98. The monoisotopic (exact) mass is 194 g/mol. The van der Waals surface area contributed by atoms with E-state index in [1.54, 1.807) is 0 Å². The van der Waals surface area contributed by atoms with Crippen molar-refractivity contribution in [2.24, 2.45) is 0 Å². The topological polar surface area (TPSA) is 0 Å². The zero-order chi connectivity index (χ0) is 9.68. The minimum atomic E-state index is 0.881. The van der Waals surface area contributed by atoms with Gasteiger partial charge in [0, 0.05) is 5.02 Å². The average molecular weight is 195 g/mol. The Kier molecular flexibility index (Phi) is 4.04. The summed E-state index contributed by atoms with van der Waals surface area (Å²) < 4.78 is 0. The molecule has 13 heavy (non-hydrogen) atoms. The van der Waals surface area contributed by atoms with Crippen LogP contribution in [0, 0.1) is 0 Å². The number of benzene rings is 1. The van der Waals surface area contributed by atoms with Gasteiger partial charge in [-0.1, -0.05) is 41.4 Å². The normalized spacial score (nSPS) is 11.8. The Bertz CT molecular complexity index is 300. The predicted octanol–water partition coefficient (Wildman–Crippen LogP) is 4.24. The zero-order valence-corrected chi connectivity index (χ0v) is 8.93. The highest BCUT2D eigenvalue weighted by molar-refractivity contribution is 6.31. The van der Waals surface area contributed by atoms with Gasteiger partial charge in [0.2, 0.25) is 0 Å². The van der Waals surface area contributed by atoms with Crippen LogP contribution in [0.4, 0.5) is 0 Å². The smallest absolute Gasteiger partial charge is 0.0438 e. The summed E-state index contributed by atoms with van der Waals surface area (Å²) in [6.07, 6.45) is 4.28. The van der Waals surface area contributed by atoms with Crippen LogP contribution in [0.1, 0.15) is 25.8 Å². The first-order valence-electron chi connectivity index (χ1n) is 4.59. The molecule has 0 nitrogen and oxygen atoms in total. The van der Waals surface area contributed by atoms with Crippen LogP contribution in [0.2, 0.25) is 5.02 Å². The fourth-order valence-electron chi connectivity index (χ4n) is 1.18. The van der Waals surface area contributed by atoms with E-state index in [1.807, 2.05) is 18.2 Å². The third-order valence-corrected chi connectivity index (χ3v) is 2.61. The Morgan fingerprint density at radius 3 is 2.69 bits per heavy atom. The molecule has 0 radical (unpaired) electrons.